The number of amides is 1. The SMILES string of the molecule is CCCCOc1ccc(C(=O)N2CCN(c3ncnc4c3nnn4C)CC2)cc1. The van der Waals surface area contributed by atoms with Crippen LogP contribution in [0.15, 0.2) is 30.6 Å². The first-order valence-corrected chi connectivity index (χ1v) is 9.95. The monoisotopic (exact) mass is 395 g/mol. The lowest BCUT2D eigenvalue weighted by Crippen LogP contribution is -2.49. The molecule has 1 aliphatic heterocycles. The highest BCUT2D eigenvalue weighted by atomic mass is 16.5. The molecule has 0 N–H and O–H groups in total. The number of carbonyl (C=O) groups is 1. The van der Waals surface area contributed by atoms with Gasteiger partial charge in [0.05, 0.1) is 6.61 Å². The number of anilines is 1. The van der Waals surface area contributed by atoms with E-state index in [1.165, 1.54) is 6.33 Å². The van der Waals surface area contributed by atoms with Crippen molar-refractivity contribution in [3.63, 3.8) is 0 Å². The molecule has 0 bridgehead atoms. The van der Waals surface area contributed by atoms with Gasteiger partial charge >= 0.3 is 0 Å². The van der Waals surface area contributed by atoms with Crippen molar-refractivity contribution in [3.8, 4) is 5.75 Å². The summed E-state index contributed by atoms with van der Waals surface area (Å²) in [6, 6.07) is 7.41. The van der Waals surface area contributed by atoms with E-state index in [4.69, 9.17) is 4.74 Å². The highest BCUT2D eigenvalue weighted by Gasteiger charge is 2.25. The molecule has 1 aliphatic rings. The number of hydrogen-bond acceptors (Lipinski definition) is 7. The van der Waals surface area contributed by atoms with Crippen LogP contribution in [0.25, 0.3) is 11.2 Å². The van der Waals surface area contributed by atoms with Gasteiger partial charge in [-0.25, -0.2) is 14.6 Å². The Bertz CT molecular complexity index is 978. The first-order chi connectivity index (χ1) is 14.2. The van der Waals surface area contributed by atoms with Crippen LogP contribution in [0.5, 0.6) is 5.75 Å². The fourth-order valence-corrected chi connectivity index (χ4v) is 3.40. The highest BCUT2D eigenvalue weighted by Crippen LogP contribution is 2.22. The number of ether oxygens (including phenoxy) is 1. The van der Waals surface area contributed by atoms with E-state index in [1.54, 1.807) is 4.68 Å². The van der Waals surface area contributed by atoms with E-state index in [0.29, 0.717) is 49.5 Å². The summed E-state index contributed by atoms with van der Waals surface area (Å²) in [6.07, 6.45) is 3.65. The predicted octanol–water partition coefficient (Wildman–Crippen LogP) is 1.90. The molecule has 2 aromatic heterocycles. The van der Waals surface area contributed by atoms with Crippen molar-refractivity contribution in [2.75, 3.05) is 37.7 Å². The summed E-state index contributed by atoms with van der Waals surface area (Å²) in [6.45, 7) is 5.46. The number of hydrogen-bond donors (Lipinski definition) is 0. The molecule has 1 aromatic carbocycles. The van der Waals surface area contributed by atoms with E-state index >= 15 is 0 Å². The quantitative estimate of drug-likeness (QED) is 0.589. The Kier molecular flexibility index (Phi) is 5.55. The van der Waals surface area contributed by atoms with E-state index in [0.717, 1.165) is 24.4 Å². The lowest BCUT2D eigenvalue weighted by molar-refractivity contribution is 0.0746. The van der Waals surface area contributed by atoms with Crippen molar-refractivity contribution in [1.82, 2.24) is 29.9 Å². The zero-order valence-corrected chi connectivity index (χ0v) is 16.8. The van der Waals surface area contributed by atoms with Crippen molar-refractivity contribution < 1.29 is 9.53 Å². The molecule has 0 aliphatic carbocycles. The van der Waals surface area contributed by atoms with E-state index in [9.17, 15) is 4.79 Å². The normalized spacial score (nSPS) is 14.4. The summed E-state index contributed by atoms with van der Waals surface area (Å²) in [7, 11) is 1.81. The number of aromatic nitrogens is 5. The van der Waals surface area contributed by atoms with Gasteiger partial charge in [-0.3, -0.25) is 4.79 Å². The van der Waals surface area contributed by atoms with Crippen LogP contribution in [-0.2, 0) is 7.05 Å². The van der Waals surface area contributed by atoms with Gasteiger partial charge < -0.3 is 14.5 Å². The van der Waals surface area contributed by atoms with Gasteiger partial charge in [-0.1, -0.05) is 18.6 Å². The fourth-order valence-electron chi connectivity index (χ4n) is 3.40. The second-order valence-electron chi connectivity index (χ2n) is 7.09. The third kappa shape index (κ3) is 3.98. The minimum absolute atomic E-state index is 0.0390. The number of carbonyl (C=O) groups excluding carboxylic acids is 1. The lowest BCUT2D eigenvalue weighted by Gasteiger charge is -2.35. The van der Waals surface area contributed by atoms with Crippen LogP contribution in [0, 0.1) is 0 Å². The number of rotatable bonds is 6. The van der Waals surface area contributed by atoms with E-state index < -0.39 is 0 Å². The Morgan fingerprint density at radius 2 is 1.86 bits per heavy atom. The minimum Gasteiger partial charge on any atom is -0.494 e. The topological polar surface area (TPSA) is 89.3 Å². The molecule has 3 heterocycles. The Balaban J connectivity index is 1.38. The summed E-state index contributed by atoms with van der Waals surface area (Å²) in [5, 5.41) is 8.21. The van der Waals surface area contributed by atoms with Crippen molar-refractivity contribution in [2.45, 2.75) is 19.8 Å². The molecule has 0 spiro atoms. The van der Waals surface area contributed by atoms with Crippen LogP contribution in [0.1, 0.15) is 30.1 Å². The second kappa shape index (κ2) is 8.42. The molecule has 0 saturated carbocycles. The molecule has 0 radical (unpaired) electrons. The van der Waals surface area contributed by atoms with Gasteiger partial charge in [-0.05, 0) is 30.7 Å². The maximum atomic E-state index is 12.8. The predicted molar refractivity (Wildman–Crippen MR) is 109 cm³/mol. The van der Waals surface area contributed by atoms with Crippen LogP contribution < -0.4 is 9.64 Å². The van der Waals surface area contributed by atoms with E-state index in [-0.39, 0.29) is 5.91 Å². The van der Waals surface area contributed by atoms with E-state index in [2.05, 4.69) is 32.1 Å². The molecule has 9 nitrogen and oxygen atoms in total. The Morgan fingerprint density at radius 1 is 1.10 bits per heavy atom. The summed E-state index contributed by atoms with van der Waals surface area (Å²) < 4.78 is 7.31. The Labute approximate surface area is 169 Å². The lowest BCUT2D eigenvalue weighted by atomic mass is 10.1. The molecule has 9 heteroatoms. The molecule has 4 rings (SSSR count). The summed E-state index contributed by atoms with van der Waals surface area (Å²) in [5.74, 6) is 1.61. The number of fused-ring (bicyclic) bond motifs is 1. The first kappa shape index (κ1) is 19.1. The molecule has 152 valence electrons. The third-order valence-corrected chi connectivity index (χ3v) is 5.10. The average Bonchev–Trinajstić information content (AvgIpc) is 3.15. The van der Waals surface area contributed by atoms with Crippen molar-refractivity contribution >= 4 is 22.9 Å². The first-order valence-electron chi connectivity index (χ1n) is 9.95. The molecule has 1 amide bonds. The van der Waals surface area contributed by atoms with E-state index in [1.807, 2.05) is 36.2 Å². The average molecular weight is 395 g/mol. The van der Waals surface area contributed by atoms with Gasteiger partial charge in [-0.2, -0.15) is 0 Å². The Morgan fingerprint density at radius 3 is 2.59 bits per heavy atom. The zero-order valence-electron chi connectivity index (χ0n) is 16.8. The van der Waals surface area contributed by atoms with Gasteiger partial charge in [-0.15, -0.1) is 5.10 Å². The maximum Gasteiger partial charge on any atom is 0.253 e. The Hall–Kier alpha value is -3.23. The van der Waals surface area contributed by atoms with Gasteiger partial charge in [0.15, 0.2) is 17.0 Å². The summed E-state index contributed by atoms with van der Waals surface area (Å²) in [5.41, 5.74) is 2.07. The number of piperazine rings is 1. The third-order valence-electron chi connectivity index (χ3n) is 5.10. The molecule has 29 heavy (non-hydrogen) atoms. The van der Waals surface area contributed by atoms with Gasteiger partial charge in [0.1, 0.15) is 12.1 Å². The van der Waals surface area contributed by atoms with Crippen LogP contribution in [0.4, 0.5) is 5.82 Å². The zero-order chi connectivity index (χ0) is 20.2. The summed E-state index contributed by atoms with van der Waals surface area (Å²) >= 11 is 0. The van der Waals surface area contributed by atoms with Crippen LogP contribution in [0.2, 0.25) is 0 Å². The number of aryl methyl sites for hydroxylation is 1. The van der Waals surface area contributed by atoms with Gasteiger partial charge in [0.2, 0.25) is 0 Å². The van der Waals surface area contributed by atoms with Crippen LogP contribution in [0.3, 0.4) is 0 Å². The number of benzene rings is 1. The van der Waals surface area contributed by atoms with Crippen LogP contribution >= 0.6 is 0 Å². The highest BCUT2D eigenvalue weighted by molar-refractivity contribution is 5.94. The molecule has 1 saturated heterocycles. The minimum atomic E-state index is 0.0390. The second-order valence-corrected chi connectivity index (χ2v) is 7.09. The molecule has 0 atom stereocenters. The van der Waals surface area contributed by atoms with Crippen molar-refractivity contribution in [3.05, 3.63) is 36.2 Å². The van der Waals surface area contributed by atoms with Crippen LogP contribution in [-0.4, -0.2) is 68.6 Å². The van der Waals surface area contributed by atoms with Crippen molar-refractivity contribution in [1.29, 1.82) is 0 Å². The molecular weight excluding hydrogens is 370 g/mol. The number of nitrogens with zero attached hydrogens (tertiary/aromatic N) is 7. The standard InChI is InChI=1S/C20H25N7O2/c1-3-4-13-29-16-7-5-15(6-8-16)20(28)27-11-9-26(10-12-27)19-17-18(21-14-22-19)25(2)24-23-17/h5-8,14H,3-4,9-13H2,1-2H3. The van der Waals surface area contributed by atoms with Gasteiger partial charge in [0, 0.05) is 38.8 Å². The maximum absolute atomic E-state index is 12.8. The number of unbranched alkanes of at least 4 members (excludes halogenated alkanes) is 1. The van der Waals surface area contributed by atoms with Gasteiger partial charge in [0.25, 0.3) is 5.91 Å². The molecule has 0 unspecified atom stereocenters. The molecule has 3 aromatic rings. The fraction of sp³-hybridized carbons (Fsp3) is 0.450. The van der Waals surface area contributed by atoms with Crippen molar-refractivity contribution in [2.24, 2.45) is 7.05 Å². The summed E-state index contributed by atoms with van der Waals surface area (Å²) in [4.78, 5) is 25.5. The largest absolute Gasteiger partial charge is 0.494 e. The molecular formula is C20H25N7O2. The smallest absolute Gasteiger partial charge is 0.253 e. The molecule has 1 fully saturated rings.